The van der Waals surface area contributed by atoms with Crippen molar-refractivity contribution in [3.63, 3.8) is 0 Å². The molecule has 1 amide bonds. The van der Waals surface area contributed by atoms with Gasteiger partial charge in [0.1, 0.15) is 0 Å². The maximum Gasteiger partial charge on any atom is 0.238 e. The second-order valence-electron chi connectivity index (χ2n) is 4.31. The van der Waals surface area contributed by atoms with Crippen molar-refractivity contribution in [3.05, 3.63) is 29.8 Å². The van der Waals surface area contributed by atoms with Crippen LogP contribution in [0.1, 0.15) is 25.3 Å². The highest BCUT2D eigenvalue weighted by molar-refractivity contribution is 5.92. The normalized spacial score (nSPS) is 11.6. The Labute approximate surface area is 109 Å². The molecule has 0 fully saturated rings. The Morgan fingerprint density at radius 1 is 1.50 bits per heavy atom. The minimum Gasteiger partial charge on any atom is -0.325 e. The van der Waals surface area contributed by atoms with Gasteiger partial charge in [-0.15, -0.1) is 6.42 Å². The van der Waals surface area contributed by atoms with Crippen LogP contribution in [0.2, 0.25) is 0 Å². The molecule has 0 aromatic heterocycles. The van der Waals surface area contributed by atoms with Crippen molar-refractivity contribution in [2.75, 3.05) is 11.9 Å². The van der Waals surface area contributed by atoms with Gasteiger partial charge >= 0.3 is 0 Å². The van der Waals surface area contributed by atoms with Gasteiger partial charge < -0.3 is 5.32 Å². The molecule has 2 N–H and O–H groups in total. The molecule has 1 unspecified atom stereocenters. The summed E-state index contributed by atoms with van der Waals surface area (Å²) in [6.07, 6.45) is 7.26. The van der Waals surface area contributed by atoms with Crippen LogP contribution in [-0.2, 0) is 4.79 Å². The summed E-state index contributed by atoms with van der Waals surface area (Å²) in [6, 6.07) is 7.68. The van der Waals surface area contributed by atoms with E-state index in [0.717, 1.165) is 24.1 Å². The lowest BCUT2D eigenvalue weighted by Crippen LogP contribution is -2.35. The van der Waals surface area contributed by atoms with Crippen molar-refractivity contribution in [2.24, 2.45) is 0 Å². The average molecular weight is 244 g/mol. The van der Waals surface area contributed by atoms with Crippen molar-refractivity contribution in [2.45, 2.75) is 32.7 Å². The molecule has 3 heteroatoms. The third kappa shape index (κ3) is 5.03. The van der Waals surface area contributed by atoms with Crippen LogP contribution in [0, 0.1) is 19.3 Å². The Kier molecular flexibility index (Phi) is 5.96. The molecular formula is C15H20N2O. The number of amides is 1. The Bertz CT molecular complexity index is 434. The summed E-state index contributed by atoms with van der Waals surface area (Å²) < 4.78 is 0. The summed E-state index contributed by atoms with van der Waals surface area (Å²) in [5, 5.41) is 5.89. The average Bonchev–Trinajstić information content (AvgIpc) is 2.34. The molecule has 1 aromatic carbocycles. The van der Waals surface area contributed by atoms with Crippen LogP contribution < -0.4 is 10.6 Å². The molecule has 0 spiro atoms. The number of aryl methyl sites for hydroxylation is 1. The molecule has 1 rings (SSSR count). The lowest BCUT2D eigenvalue weighted by atomic mass is 10.2. The van der Waals surface area contributed by atoms with Gasteiger partial charge in [-0.2, -0.15) is 0 Å². The van der Waals surface area contributed by atoms with Crippen LogP contribution in [0.15, 0.2) is 24.3 Å². The van der Waals surface area contributed by atoms with Crippen LogP contribution in [0.3, 0.4) is 0 Å². The van der Waals surface area contributed by atoms with Gasteiger partial charge in [0.05, 0.1) is 12.6 Å². The van der Waals surface area contributed by atoms with Crippen molar-refractivity contribution >= 4 is 11.6 Å². The molecule has 1 aromatic rings. The van der Waals surface area contributed by atoms with Crippen molar-refractivity contribution in [3.8, 4) is 12.3 Å². The van der Waals surface area contributed by atoms with Gasteiger partial charge in [-0.05, 0) is 31.0 Å². The smallest absolute Gasteiger partial charge is 0.238 e. The van der Waals surface area contributed by atoms with E-state index in [1.807, 2.05) is 31.2 Å². The molecule has 18 heavy (non-hydrogen) atoms. The van der Waals surface area contributed by atoms with Crippen LogP contribution in [0.4, 0.5) is 5.69 Å². The molecule has 3 nitrogen and oxygen atoms in total. The first-order valence-corrected chi connectivity index (χ1v) is 6.21. The molecule has 1 atom stereocenters. The number of nitrogens with one attached hydrogen (secondary N) is 2. The molecule has 0 aliphatic heterocycles. The van der Waals surface area contributed by atoms with Crippen molar-refractivity contribution in [1.29, 1.82) is 0 Å². The van der Waals surface area contributed by atoms with E-state index in [1.54, 1.807) is 0 Å². The third-order valence-electron chi connectivity index (χ3n) is 2.59. The number of carbonyl (C=O) groups is 1. The molecule has 0 bridgehead atoms. The Morgan fingerprint density at radius 2 is 2.28 bits per heavy atom. The summed E-state index contributed by atoms with van der Waals surface area (Å²) in [5.74, 6) is 2.57. The number of anilines is 1. The minimum atomic E-state index is -0.0723. The highest BCUT2D eigenvalue weighted by Crippen LogP contribution is 2.08. The molecule has 0 aliphatic rings. The monoisotopic (exact) mass is 244 g/mol. The summed E-state index contributed by atoms with van der Waals surface area (Å²) in [6.45, 7) is 4.30. The molecule has 0 saturated carbocycles. The summed E-state index contributed by atoms with van der Waals surface area (Å²) in [7, 11) is 0. The number of hydrogen-bond donors (Lipinski definition) is 2. The standard InChI is InChI=1S/C15H20N2O/c1-4-7-13(5-2)16-11-15(18)17-14-9-6-8-12(3)10-14/h2,6,8-10,13,16H,4,7,11H2,1,3H3,(H,17,18). The van der Waals surface area contributed by atoms with E-state index in [9.17, 15) is 4.79 Å². The van der Waals surface area contributed by atoms with E-state index < -0.39 is 0 Å². The fourth-order valence-electron chi connectivity index (χ4n) is 1.68. The van der Waals surface area contributed by atoms with E-state index in [0.29, 0.717) is 0 Å². The number of benzene rings is 1. The molecule has 0 radical (unpaired) electrons. The zero-order chi connectivity index (χ0) is 13.4. The second kappa shape index (κ2) is 7.52. The molecule has 0 heterocycles. The zero-order valence-corrected chi connectivity index (χ0v) is 11.0. The second-order valence-corrected chi connectivity index (χ2v) is 4.31. The van der Waals surface area contributed by atoms with Crippen molar-refractivity contribution < 1.29 is 4.79 Å². The maximum absolute atomic E-state index is 11.7. The van der Waals surface area contributed by atoms with Crippen LogP contribution in [-0.4, -0.2) is 18.5 Å². The van der Waals surface area contributed by atoms with Crippen LogP contribution in [0.25, 0.3) is 0 Å². The lowest BCUT2D eigenvalue weighted by Gasteiger charge is -2.12. The van der Waals surface area contributed by atoms with E-state index >= 15 is 0 Å². The minimum absolute atomic E-state index is 0.0294. The highest BCUT2D eigenvalue weighted by atomic mass is 16.1. The van der Waals surface area contributed by atoms with E-state index in [1.165, 1.54) is 0 Å². The third-order valence-corrected chi connectivity index (χ3v) is 2.59. The Hall–Kier alpha value is -1.79. The number of rotatable bonds is 6. The Morgan fingerprint density at radius 3 is 2.89 bits per heavy atom. The summed E-state index contributed by atoms with van der Waals surface area (Å²) in [4.78, 5) is 11.7. The molecule has 0 aliphatic carbocycles. The highest BCUT2D eigenvalue weighted by Gasteiger charge is 2.06. The van der Waals surface area contributed by atoms with Gasteiger partial charge in [0.2, 0.25) is 5.91 Å². The van der Waals surface area contributed by atoms with Gasteiger partial charge in [-0.3, -0.25) is 10.1 Å². The number of carbonyl (C=O) groups excluding carboxylic acids is 1. The van der Waals surface area contributed by atoms with Gasteiger partial charge in [0.15, 0.2) is 0 Å². The maximum atomic E-state index is 11.7. The predicted molar refractivity (Wildman–Crippen MR) is 75.3 cm³/mol. The first-order valence-electron chi connectivity index (χ1n) is 6.21. The SMILES string of the molecule is C#CC(CCC)NCC(=O)Nc1cccc(C)c1. The van der Waals surface area contributed by atoms with Gasteiger partial charge in [-0.25, -0.2) is 0 Å². The van der Waals surface area contributed by atoms with Gasteiger partial charge in [-0.1, -0.05) is 31.4 Å². The quantitative estimate of drug-likeness (QED) is 0.754. The largest absolute Gasteiger partial charge is 0.325 e. The zero-order valence-electron chi connectivity index (χ0n) is 11.0. The first-order chi connectivity index (χ1) is 8.65. The topological polar surface area (TPSA) is 41.1 Å². The van der Waals surface area contributed by atoms with Gasteiger partial charge in [0, 0.05) is 5.69 Å². The summed E-state index contributed by atoms with van der Waals surface area (Å²) in [5.41, 5.74) is 1.93. The van der Waals surface area contributed by atoms with E-state index in [4.69, 9.17) is 6.42 Å². The predicted octanol–water partition coefficient (Wildman–Crippen LogP) is 2.33. The fraction of sp³-hybridized carbons (Fsp3) is 0.400. The van der Waals surface area contributed by atoms with E-state index in [-0.39, 0.29) is 18.5 Å². The van der Waals surface area contributed by atoms with E-state index in [2.05, 4.69) is 23.5 Å². The summed E-state index contributed by atoms with van der Waals surface area (Å²) >= 11 is 0. The molecular weight excluding hydrogens is 224 g/mol. The first kappa shape index (κ1) is 14.3. The Balaban J connectivity index is 2.40. The number of terminal acetylenes is 1. The lowest BCUT2D eigenvalue weighted by molar-refractivity contribution is -0.115. The van der Waals surface area contributed by atoms with Crippen LogP contribution in [0.5, 0.6) is 0 Å². The molecule has 96 valence electrons. The number of hydrogen-bond acceptors (Lipinski definition) is 2. The fourth-order valence-corrected chi connectivity index (χ4v) is 1.68. The van der Waals surface area contributed by atoms with Crippen LogP contribution >= 0.6 is 0 Å². The molecule has 0 saturated heterocycles. The van der Waals surface area contributed by atoms with Gasteiger partial charge in [0.25, 0.3) is 0 Å². The van der Waals surface area contributed by atoms with Crippen molar-refractivity contribution in [1.82, 2.24) is 5.32 Å².